The van der Waals surface area contributed by atoms with E-state index in [0.717, 1.165) is 17.5 Å². The van der Waals surface area contributed by atoms with Gasteiger partial charge in [-0.25, -0.2) is 8.42 Å². The Bertz CT molecular complexity index is 848. The summed E-state index contributed by atoms with van der Waals surface area (Å²) >= 11 is -0.757. The Morgan fingerprint density at radius 1 is 1.13 bits per heavy atom. The van der Waals surface area contributed by atoms with Crippen molar-refractivity contribution in [2.45, 2.75) is 30.4 Å². The molecule has 1 aliphatic carbocycles. The molecule has 0 aromatic heterocycles. The van der Waals surface area contributed by atoms with Crippen LogP contribution in [0.5, 0.6) is 0 Å². The Morgan fingerprint density at radius 3 is 2.57 bits per heavy atom. The molecular formula is C17H18NO3S2+. The van der Waals surface area contributed by atoms with Gasteiger partial charge in [0.2, 0.25) is 0 Å². The number of sulfonamides is 1. The van der Waals surface area contributed by atoms with Gasteiger partial charge in [-0.3, -0.25) is 0 Å². The monoisotopic (exact) mass is 348 g/mol. The van der Waals surface area contributed by atoms with Crippen LogP contribution >= 0.6 is 0 Å². The van der Waals surface area contributed by atoms with E-state index in [9.17, 15) is 8.42 Å². The zero-order valence-corrected chi connectivity index (χ0v) is 14.6. The topological polar surface area (TPSA) is 46.6 Å². The standard InChI is InChI=1S/C17H18NO3S2/c1-12-7-9-14(10-8-12)23(19,20)18-17-15-6-4-3-5-13(15)11-16(17)21-22(18)2/h3-10,16-17H,11H2,1-2H3/q+1/t16-,17+,22?/m0/s1. The van der Waals surface area contributed by atoms with Crippen molar-refractivity contribution in [3.05, 3.63) is 65.2 Å². The van der Waals surface area contributed by atoms with Gasteiger partial charge in [0.15, 0.2) is 6.26 Å². The third kappa shape index (κ3) is 2.32. The molecule has 1 aliphatic heterocycles. The number of hydrogen-bond acceptors (Lipinski definition) is 3. The molecule has 2 aromatic rings. The van der Waals surface area contributed by atoms with Gasteiger partial charge >= 0.3 is 0 Å². The lowest BCUT2D eigenvalue weighted by Gasteiger charge is -2.17. The molecule has 1 heterocycles. The zero-order valence-electron chi connectivity index (χ0n) is 13.0. The minimum Gasteiger partial charge on any atom is -0.203 e. The lowest BCUT2D eigenvalue weighted by molar-refractivity contribution is 0.233. The molecule has 0 bridgehead atoms. The van der Waals surface area contributed by atoms with Crippen molar-refractivity contribution in [3.63, 3.8) is 0 Å². The maximum Gasteiger partial charge on any atom is 0.285 e. The third-order valence-electron chi connectivity index (χ3n) is 4.45. The highest BCUT2D eigenvalue weighted by Gasteiger charge is 2.59. The third-order valence-corrected chi connectivity index (χ3v) is 8.49. The van der Waals surface area contributed by atoms with E-state index in [4.69, 9.17) is 4.18 Å². The molecule has 2 aromatic carbocycles. The summed E-state index contributed by atoms with van der Waals surface area (Å²) in [7, 11) is -3.58. The number of fused-ring (bicyclic) bond motifs is 3. The summed E-state index contributed by atoms with van der Waals surface area (Å²) in [6.07, 6.45) is 2.53. The zero-order chi connectivity index (χ0) is 16.2. The number of aryl methyl sites for hydroxylation is 1. The Labute approximate surface area is 139 Å². The second kappa shape index (κ2) is 5.34. The van der Waals surface area contributed by atoms with Crippen LogP contribution in [0.1, 0.15) is 22.7 Å². The van der Waals surface area contributed by atoms with Gasteiger partial charge in [-0.05, 0) is 30.2 Å². The van der Waals surface area contributed by atoms with Gasteiger partial charge in [-0.2, -0.15) is 0 Å². The first-order valence-electron chi connectivity index (χ1n) is 7.50. The predicted molar refractivity (Wildman–Crippen MR) is 91.3 cm³/mol. The second-order valence-electron chi connectivity index (χ2n) is 5.98. The van der Waals surface area contributed by atoms with E-state index in [1.165, 1.54) is 5.56 Å². The first-order valence-corrected chi connectivity index (χ1v) is 10.5. The van der Waals surface area contributed by atoms with E-state index < -0.39 is 21.4 Å². The van der Waals surface area contributed by atoms with E-state index >= 15 is 0 Å². The highest BCUT2D eigenvalue weighted by atomic mass is 32.3. The minimum absolute atomic E-state index is 0.0824. The molecule has 1 unspecified atom stereocenters. The van der Waals surface area contributed by atoms with Gasteiger partial charge < -0.3 is 0 Å². The van der Waals surface area contributed by atoms with Crippen LogP contribution in [0.15, 0.2) is 53.4 Å². The summed E-state index contributed by atoms with van der Waals surface area (Å²) in [5.74, 6) is 0. The van der Waals surface area contributed by atoms with Gasteiger partial charge in [-0.15, -0.1) is 4.18 Å². The Hall–Kier alpha value is -1.34. The average Bonchev–Trinajstić information content (AvgIpc) is 3.02. The van der Waals surface area contributed by atoms with Crippen LogP contribution in [-0.2, 0) is 32.0 Å². The van der Waals surface area contributed by atoms with Crippen LogP contribution < -0.4 is 0 Å². The van der Waals surface area contributed by atoms with Crippen LogP contribution in [0.3, 0.4) is 0 Å². The van der Waals surface area contributed by atoms with Gasteiger partial charge in [0, 0.05) is 10.1 Å². The molecule has 1 saturated heterocycles. The fourth-order valence-electron chi connectivity index (χ4n) is 3.36. The number of benzene rings is 2. The van der Waals surface area contributed by atoms with Crippen molar-refractivity contribution in [2.75, 3.05) is 6.26 Å². The van der Waals surface area contributed by atoms with Gasteiger partial charge in [0.05, 0.1) is 4.90 Å². The Kier molecular flexibility index (Phi) is 3.53. The van der Waals surface area contributed by atoms with Crippen LogP contribution in [0, 0.1) is 6.92 Å². The van der Waals surface area contributed by atoms with E-state index in [2.05, 4.69) is 6.07 Å². The van der Waals surface area contributed by atoms with Crippen molar-refractivity contribution in [3.8, 4) is 0 Å². The molecular weight excluding hydrogens is 330 g/mol. The van der Waals surface area contributed by atoms with Crippen molar-refractivity contribution in [2.24, 2.45) is 0 Å². The maximum atomic E-state index is 13.2. The number of hydrogen-bond donors (Lipinski definition) is 0. The summed E-state index contributed by atoms with van der Waals surface area (Å²) in [4.78, 5) is 0.330. The molecule has 0 N–H and O–H groups in total. The molecule has 4 nitrogen and oxygen atoms in total. The summed E-state index contributed by atoms with van der Waals surface area (Å²) in [6, 6.07) is 14.8. The quantitative estimate of drug-likeness (QED) is 0.784. The van der Waals surface area contributed by atoms with Crippen molar-refractivity contribution >= 4 is 21.4 Å². The Balaban J connectivity index is 1.80. The molecule has 0 amide bonds. The smallest absolute Gasteiger partial charge is 0.203 e. The summed E-state index contributed by atoms with van der Waals surface area (Å²) < 4.78 is 33.9. The molecule has 4 rings (SSSR count). The van der Waals surface area contributed by atoms with Crippen LogP contribution in [-0.4, -0.2) is 24.5 Å². The molecule has 0 saturated carbocycles. The summed E-state index contributed by atoms with van der Waals surface area (Å²) in [5.41, 5.74) is 3.30. The van der Waals surface area contributed by atoms with Crippen LogP contribution in [0.2, 0.25) is 0 Å². The normalized spacial score (nSPS) is 27.0. The molecule has 0 spiro atoms. The van der Waals surface area contributed by atoms with Gasteiger partial charge in [0.1, 0.15) is 12.1 Å². The van der Waals surface area contributed by atoms with Gasteiger partial charge in [0.25, 0.3) is 21.4 Å². The van der Waals surface area contributed by atoms with E-state index in [1.807, 2.05) is 43.5 Å². The van der Waals surface area contributed by atoms with Crippen molar-refractivity contribution in [1.82, 2.24) is 3.71 Å². The average molecular weight is 348 g/mol. The Morgan fingerprint density at radius 2 is 1.83 bits per heavy atom. The molecule has 1 fully saturated rings. The number of nitrogens with zero attached hydrogens (tertiary/aromatic N) is 1. The molecule has 6 heteroatoms. The minimum atomic E-state index is -3.58. The second-order valence-corrected chi connectivity index (χ2v) is 9.46. The van der Waals surface area contributed by atoms with Crippen molar-refractivity contribution in [1.29, 1.82) is 0 Å². The largest absolute Gasteiger partial charge is 0.285 e. The molecule has 0 radical (unpaired) electrons. The summed E-state index contributed by atoms with van der Waals surface area (Å²) in [5, 5.41) is 0. The maximum absolute atomic E-state index is 13.2. The fraction of sp³-hybridized carbons (Fsp3) is 0.294. The fourth-order valence-corrected chi connectivity index (χ4v) is 7.25. The highest BCUT2D eigenvalue weighted by molar-refractivity contribution is 8.04. The van der Waals surface area contributed by atoms with E-state index in [0.29, 0.717) is 4.90 Å². The molecule has 23 heavy (non-hydrogen) atoms. The first-order chi connectivity index (χ1) is 11.0. The highest BCUT2D eigenvalue weighted by Crippen LogP contribution is 2.47. The predicted octanol–water partition coefficient (Wildman–Crippen LogP) is 2.76. The molecule has 2 aliphatic rings. The van der Waals surface area contributed by atoms with Crippen LogP contribution in [0.25, 0.3) is 0 Å². The SMILES string of the molecule is Cc1ccc(S(=O)(=O)N2[C@@H]3c4ccccc4C[C@@H]3O[S+]2C)cc1. The van der Waals surface area contributed by atoms with Gasteiger partial charge in [-0.1, -0.05) is 42.0 Å². The lowest BCUT2D eigenvalue weighted by Crippen LogP contribution is -2.34. The van der Waals surface area contributed by atoms with Crippen LogP contribution in [0.4, 0.5) is 0 Å². The lowest BCUT2D eigenvalue weighted by atomic mass is 10.1. The van der Waals surface area contributed by atoms with E-state index in [-0.39, 0.29) is 12.1 Å². The van der Waals surface area contributed by atoms with E-state index in [1.54, 1.807) is 15.8 Å². The van der Waals surface area contributed by atoms with Crippen molar-refractivity contribution < 1.29 is 12.6 Å². The molecule has 3 atom stereocenters. The number of rotatable bonds is 2. The summed E-state index contributed by atoms with van der Waals surface area (Å²) in [6.45, 7) is 1.95. The molecule has 120 valence electrons. The first kappa shape index (κ1) is 15.2.